The number of carbonyl (C=O) groups is 1. The van der Waals surface area contributed by atoms with Gasteiger partial charge in [-0.2, -0.15) is 0 Å². The third-order valence-electron chi connectivity index (χ3n) is 3.65. The number of rotatable bonds is 8. The first-order chi connectivity index (χ1) is 12.1. The molecule has 0 unspecified atom stereocenters. The molecule has 0 radical (unpaired) electrons. The lowest BCUT2D eigenvalue weighted by atomic mass is 10.1. The van der Waals surface area contributed by atoms with Crippen molar-refractivity contribution in [2.75, 3.05) is 27.9 Å². The van der Waals surface area contributed by atoms with Crippen LogP contribution in [-0.2, 0) is 11.2 Å². The first-order valence-corrected chi connectivity index (χ1v) is 7.88. The molecule has 1 N–H and O–H groups in total. The summed E-state index contributed by atoms with van der Waals surface area (Å²) in [7, 11) is 4.76. The Labute approximate surface area is 147 Å². The van der Waals surface area contributed by atoms with Gasteiger partial charge in [-0.05, 0) is 31.6 Å². The van der Waals surface area contributed by atoms with Gasteiger partial charge in [0.25, 0.3) is 0 Å². The van der Waals surface area contributed by atoms with E-state index in [4.69, 9.17) is 18.6 Å². The molecule has 0 spiro atoms. The molecule has 0 aliphatic heterocycles. The second-order valence-electron chi connectivity index (χ2n) is 5.33. The molecule has 0 saturated carbocycles. The van der Waals surface area contributed by atoms with Crippen molar-refractivity contribution in [2.45, 2.75) is 13.3 Å². The second-order valence-corrected chi connectivity index (χ2v) is 5.33. The molecule has 1 aromatic heterocycles. The molecule has 1 amide bonds. The minimum Gasteiger partial charge on any atom is -0.496 e. The van der Waals surface area contributed by atoms with Gasteiger partial charge in [0.1, 0.15) is 28.8 Å². The normalized spacial score (nSPS) is 10.7. The molecule has 0 bridgehead atoms. The van der Waals surface area contributed by atoms with Gasteiger partial charge >= 0.3 is 0 Å². The molecule has 6 nitrogen and oxygen atoms in total. The third kappa shape index (κ3) is 5.04. The van der Waals surface area contributed by atoms with Crippen LogP contribution in [0.4, 0.5) is 0 Å². The van der Waals surface area contributed by atoms with Crippen molar-refractivity contribution >= 4 is 12.0 Å². The number of methoxy groups -OCH3 is 3. The average molecular weight is 345 g/mol. The van der Waals surface area contributed by atoms with Gasteiger partial charge in [-0.25, -0.2) is 0 Å². The highest BCUT2D eigenvalue weighted by Crippen LogP contribution is 2.34. The van der Waals surface area contributed by atoms with E-state index in [0.29, 0.717) is 36.0 Å². The van der Waals surface area contributed by atoms with Crippen LogP contribution >= 0.6 is 0 Å². The molecule has 0 atom stereocenters. The fourth-order valence-electron chi connectivity index (χ4n) is 2.39. The van der Waals surface area contributed by atoms with Crippen molar-refractivity contribution in [1.82, 2.24) is 5.32 Å². The standard InChI is InChI=1S/C19H23NO5/c1-13-5-6-14(25-13)7-8-19(21)20-10-9-16-17(23-3)11-15(22-2)12-18(16)24-4/h5-8,11-12H,9-10H2,1-4H3,(H,20,21). The van der Waals surface area contributed by atoms with E-state index in [0.717, 1.165) is 11.3 Å². The largest absolute Gasteiger partial charge is 0.496 e. The van der Waals surface area contributed by atoms with E-state index in [1.165, 1.54) is 6.08 Å². The molecule has 134 valence electrons. The van der Waals surface area contributed by atoms with E-state index in [-0.39, 0.29) is 5.91 Å². The second kappa shape index (κ2) is 8.82. The van der Waals surface area contributed by atoms with Gasteiger partial charge in [0.2, 0.25) is 5.91 Å². The summed E-state index contributed by atoms with van der Waals surface area (Å²) >= 11 is 0. The average Bonchev–Trinajstić information content (AvgIpc) is 3.05. The molecular weight excluding hydrogens is 322 g/mol. The Hall–Kier alpha value is -2.89. The van der Waals surface area contributed by atoms with Crippen molar-refractivity contribution in [1.29, 1.82) is 0 Å². The van der Waals surface area contributed by atoms with E-state index < -0.39 is 0 Å². The van der Waals surface area contributed by atoms with Crippen LogP contribution in [0.15, 0.2) is 34.8 Å². The van der Waals surface area contributed by atoms with Crippen molar-refractivity contribution in [3.8, 4) is 17.2 Å². The molecule has 1 aromatic carbocycles. The van der Waals surface area contributed by atoms with Gasteiger partial charge in [-0.3, -0.25) is 4.79 Å². The molecule has 2 aromatic rings. The number of carbonyl (C=O) groups excluding carboxylic acids is 1. The molecule has 2 rings (SSSR count). The predicted molar refractivity (Wildman–Crippen MR) is 95.3 cm³/mol. The number of benzene rings is 1. The summed E-state index contributed by atoms with van der Waals surface area (Å²) in [5.41, 5.74) is 0.872. The van der Waals surface area contributed by atoms with Crippen LogP contribution in [0, 0.1) is 6.92 Å². The van der Waals surface area contributed by atoms with Gasteiger partial charge in [-0.15, -0.1) is 0 Å². The zero-order valence-electron chi connectivity index (χ0n) is 14.9. The Bertz CT molecular complexity index is 723. The Morgan fingerprint density at radius 2 is 1.80 bits per heavy atom. The molecule has 25 heavy (non-hydrogen) atoms. The third-order valence-corrected chi connectivity index (χ3v) is 3.65. The van der Waals surface area contributed by atoms with Gasteiger partial charge < -0.3 is 23.9 Å². The van der Waals surface area contributed by atoms with Crippen LogP contribution < -0.4 is 19.5 Å². The number of aryl methyl sites for hydroxylation is 1. The molecule has 0 saturated heterocycles. The van der Waals surface area contributed by atoms with Gasteiger partial charge in [-0.1, -0.05) is 0 Å². The summed E-state index contributed by atoms with van der Waals surface area (Å²) in [6.45, 7) is 2.30. The maximum absolute atomic E-state index is 11.9. The summed E-state index contributed by atoms with van der Waals surface area (Å²) in [6.07, 6.45) is 3.65. The fraction of sp³-hybridized carbons (Fsp3) is 0.316. The lowest BCUT2D eigenvalue weighted by Crippen LogP contribution is -2.23. The Balaban J connectivity index is 1.96. The van der Waals surface area contributed by atoms with Gasteiger partial charge in [0, 0.05) is 30.3 Å². The Morgan fingerprint density at radius 3 is 2.32 bits per heavy atom. The number of ether oxygens (including phenoxy) is 3. The number of hydrogen-bond donors (Lipinski definition) is 1. The minimum absolute atomic E-state index is 0.194. The van der Waals surface area contributed by atoms with E-state index in [1.54, 1.807) is 39.5 Å². The van der Waals surface area contributed by atoms with Crippen LogP contribution in [0.5, 0.6) is 17.2 Å². The van der Waals surface area contributed by atoms with Crippen molar-refractivity contribution in [2.24, 2.45) is 0 Å². The predicted octanol–water partition coefficient (Wildman–Crippen LogP) is 2.99. The molecule has 0 aliphatic carbocycles. The van der Waals surface area contributed by atoms with Crippen LogP contribution in [-0.4, -0.2) is 33.8 Å². The summed E-state index contributed by atoms with van der Waals surface area (Å²) in [4.78, 5) is 11.9. The monoisotopic (exact) mass is 345 g/mol. The summed E-state index contributed by atoms with van der Waals surface area (Å²) < 4.78 is 21.4. The van der Waals surface area contributed by atoms with E-state index >= 15 is 0 Å². The van der Waals surface area contributed by atoms with E-state index in [1.807, 2.05) is 19.1 Å². The van der Waals surface area contributed by atoms with Crippen LogP contribution in [0.3, 0.4) is 0 Å². The molecule has 0 aliphatic rings. The first kappa shape index (κ1) is 18.4. The lowest BCUT2D eigenvalue weighted by molar-refractivity contribution is -0.116. The maximum Gasteiger partial charge on any atom is 0.244 e. The minimum atomic E-state index is -0.194. The highest BCUT2D eigenvalue weighted by atomic mass is 16.5. The SMILES string of the molecule is COc1cc(OC)c(CCNC(=O)C=Cc2ccc(C)o2)c(OC)c1. The molecule has 0 fully saturated rings. The smallest absolute Gasteiger partial charge is 0.244 e. The zero-order chi connectivity index (χ0) is 18.2. The fourth-order valence-corrected chi connectivity index (χ4v) is 2.39. The highest BCUT2D eigenvalue weighted by molar-refractivity contribution is 5.91. The summed E-state index contributed by atoms with van der Waals surface area (Å²) in [5.74, 6) is 3.22. The number of hydrogen-bond acceptors (Lipinski definition) is 5. The Morgan fingerprint density at radius 1 is 1.12 bits per heavy atom. The van der Waals surface area contributed by atoms with Crippen LogP contribution in [0.25, 0.3) is 6.08 Å². The molecule has 1 heterocycles. The Kier molecular flexibility index (Phi) is 6.51. The van der Waals surface area contributed by atoms with Crippen molar-refractivity contribution < 1.29 is 23.4 Å². The lowest BCUT2D eigenvalue weighted by Gasteiger charge is -2.15. The number of furan rings is 1. The van der Waals surface area contributed by atoms with Gasteiger partial charge in [0.15, 0.2) is 0 Å². The van der Waals surface area contributed by atoms with Crippen LogP contribution in [0.2, 0.25) is 0 Å². The quantitative estimate of drug-likeness (QED) is 0.745. The number of amides is 1. The van der Waals surface area contributed by atoms with E-state index in [9.17, 15) is 4.79 Å². The maximum atomic E-state index is 11.9. The summed E-state index contributed by atoms with van der Waals surface area (Å²) in [5, 5.41) is 2.83. The van der Waals surface area contributed by atoms with Gasteiger partial charge in [0.05, 0.1) is 21.3 Å². The topological polar surface area (TPSA) is 69.9 Å². The highest BCUT2D eigenvalue weighted by Gasteiger charge is 2.13. The number of nitrogens with one attached hydrogen (secondary N) is 1. The molecular formula is C19H23NO5. The zero-order valence-corrected chi connectivity index (χ0v) is 14.9. The van der Waals surface area contributed by atoms with Crippen molar-refractivity contribution in [3.05, 3.63) is 47.4 Å². The van der Waals surface area contributed by atoms with Crippen LogP contribution in [0.1, 0.15) is 17.1 Å². The van der Waals surface area contributed by atoms with Crippen molar-refractivity contribution in [3.63, 3.8) is 0 Å². The summed E-state index contributed by atoms with van der Waals surface area (Å²) in [6, 6.07) is 7.24. The first-order valence-electron chi connectivity index (χ1n) is 7.88. The van der Waals surface area contributed by atoms with E-state index in [2.05, 4.69) is 5.32 Å². The molecule has 6 heteroatoms.